The topological polar surface area (TPSA) is 150 Å². The molecule has 0 saturated carbocycles. The van der Waals surface area contributed by atoms with E-state index in [9.17, 15) is 34.4 Å². The molecule has 206 valence electrons. The predicted molar refractivity (Wildman–Crippen MR) is 144 cm³/mol. The van der Waals surface area contributed by atoms with Gasteiger partial charge in [0.1, 0.15) is 0 Å². The third kappa shape index (κ3) is 6.49. The molecule has 3 aromatic carbocycles. The molecule has 1 saturated heterocycles. The summed E-state index contributed by atoms with van der Waals surface area (Å²) in [6.45, 7) is 2.06. The molecule has 0 aromatic heterocycles. The van der Waals surface area contributed by atoms with Crippen LogP contribution in [0.3, 0.4) is 0 Å². The lowest BCUT2D eigenvalue weighted by atomic mass is 10.0. The summed E-state index contributed by atoms with van der Waals surface area (Å²) in [6.07, 6.45) is -1.91. The molecule has 1 aliphatic rings. The van der Waals surface area contributed by atoms with E-state index in [1.807, 2.05) is 13.0 Å². The van der Waals surface area contributed by atoms with Crippen molar-refractivity contribution in [3.63, 3.8) is 0 Å². The number of amides is 3. The summed E-state index contributed by atoms with van der Waals surface area (Å²) < 4.78 is 0. The maximum absolute atomic E-state index is 13.8. The fourth-order valence-electron chi connectivity index (χ4n) is 4.65. The number of nitro groups is 1. The summed E-state index contributed by atoms with van der Waals surface area (Å²) in [7, 11) is 0. The second-order valence-corrected chi connectivity index (χ2v) is 9.50. The zero-order valence-corrected chi connectivity index (χ0v) is 21.7. The summed E-state index contributed by atoms with van der Waals surface area (Å²) in [6, 6.07) is 19.9. The highest BCUT2D eigenvalue weighted by Crippen LogP contribution is 2.25. The molecule has 1 heterocycles. The first-order valence-electron chi connectivity index (χ1n) is 12.6. The molecular weight excluding hydrogens is 516 g/mol. The number of non-ortho nitro benzene ring substituents is 1. The van der Waals surface area contributed by atoms with E-state index in [1.165, 1.54) is 34.1 Å². The highest BCUT2D eigenvalue weighted by Gasteiger charge is 2.43. The Balaban J connectivity index is 1.66. The molecule has 1 aliphatic heterocycles. The Kier molecular flexibility index (Phi) is 8.53. The second kappa shape index (κ2) is 12.2. The number of carboxylic acids is 1. The second-order valence-electron chi connectivity index (χ2n) is 9.50. The summed E-state index contributed by atoms with van der Waals surface area (Å²) in [5, 5.41) is 23.4. The van der Waals surface area contributed by atoms with E-state index >= 15 is 0 Å². The van der Waals surface area contributed by atoms with Gasteiger partial charge in [-0.25, -0.2) is 0 Å². The van der Waals surface area contributed by atoms with Crippen LogP contribution in [0.5, 0.6) is 0 Å². The largest absolute Gasteiger partial charge is 0.481 e. The molecule has 0 aliphatic carbocycles. The van der Waals surface area contributed by atoms with Crippen molar-refractivity contribution in [1.82, 2.24) is 15.1 Å². The minimum atomic E-state index is -1.35. The van der Waals surface area contributed by atoms with Crippen LogP contribution < -0.4 is 5.32 Å². The third-order valence-electron chi connectivity index (χ3n) is 6.66. The van der Waals surface area contributed by atoms with Gasteiger partial charge >= 0.3 is 5.97 Å². The van der Waals surface area contributed by atoms with Crippen LogP contribution >= 0.6 is 0 Å². The fourth-order valence-corrected chi connectivity index (χ4v) is 4.65. The quantitative estimate of drug-likeness (QED) is 0.310. The van der Waals surface area contributed by atoms with Gasteiger partial charge < -0.3 is 20.2 Å². The molecule has 0 radical (unpaired) electrons. The number of nitrogens with one attached hydrogen (secondary N) is 1. The number of nitro benzene ring substituents is 1. The molecule has 40 heavy (non-hydrogen) atoms. The Morgan fingerprint density at radius 1 is 0.975 bits per heavy atom. The van der Waals surface area contributed by atoms with Crippen LogP contribution in [0.1, 0.15) is 39.5 Å². The average molecular weight is 545 g/mol. The maximum Gasteiger partial charge on any atom is 0.305 e. The number of rotatable bonds is 9. The molecule has 2 atom stereocenters. The van der Waals surface area contributed by atoms with Crippen LogP contribution in [-0.4, -0.2) is 62.8 Å². The number of carbonyl (C=O) groups excluding carboxylic acids is 3. The van der Waals surface area contributed by atoms with Crippen LogP contribution in [0.25, 0.3) is 0 Å². The van der Waals surface area contributed by atoms with Gasteiger partial charge in [0.05, 0.1) is 23.8 Å². The lowest BCUT2D eigenvalue weighted by molar-refractivity contribution is -0.384. The van der Waals surface area contributed by atoms with Crippen LogP contribution in [0.15, 0.2) is 78.9 Å². The Morgan fingerprint density at radius 3 is 2.30 bits per heavy atom. The van der Waals surface area contributed by atoms with Crippen molar-refractivity contribution in [2.75, 3.05) is 13.1 Å². The van der Waals surface area contributed by atoms with Gasteiger partial charge in [-0.1, -0.05) is 60.2 Å². The lowest BCUT2D eigenvalue weighted by Crippen LogP contribution is -2.54. The van der Waals surface area contributed by atoms with Crippen molar-refractivity contribution in [2.45, 2.75) is 32.0 Å². The number of aryl methyl sites for hydroxylation is 1. The van der Waals surface area contributed by atoms with E-state index in [1.54, 1.807) is 48.5 Å². The van der Waals surface area contributed by atoms with Crippen molar-refractivity contribution < 1.29 is 29.2 Å². The summed E-state index contributed by atoms with van der Waals surface area (Å²) >= 11 is 0. The van der Waals surface area contributed by atoms with Crippen LogP contribution in [-0.2, 0) is 20.8 Å². The molecule has 0 bridgehead atoms. The maximum atomic E-state index is 13.8. The van der Waals surface area contributed by atoms with E-state index in [4.69, 9.17) is 0 Å². The Labute approximate surface area is 230 Å². The molecule has 3 aromatic rings. The summed E-state index contributed by atoms with van der Waals surface area (Å²) in [5.74, 6) is -2.85. The average Bonchev–Trinajstić information content (AvgIpc) is 3.39. The highest BCUT2D eigenvalue weighted by atomic mass is 16.6. The van der Waals surface area contributed by atoms with E-state index in [2.05, 4.69) is 5.32 Å². The molecule has 2 N–H and O–H groups in total. The molecule has 11 heteroatoms. The van der Waals surface area contributed by atoms with Crippen molar-refractivity contribution in [3.05, 3.63) is 111 Å². The number of aliphatic carboxylic acids is 1. The molecule has 4 rings (SSSR count). The minimum absolute atomic E-state index is 0.000612. The van der Waals surface area contributed by atoms with E-state index in [-0.39, 0.29) is 36.7 Å². The van der Waals surface area contributed by atoms with Crippen LogP contribution in [0, 0.1) is 17.0 Å². The Bertz CT molecular complexity index is 1430. The van der Waals surface area contributed by atoms with Crippen LogP contribution in [0.2, 0.25) is 0 Å². The van der Waals surface area contributed by atoms with Crippen molar-refractivity contribution in [2.24, 2.45) is 0 Å². The molecule has 0 spiro atoms. The number of carboxylic acid groups (broad SMARTS) is 1. The van der Waals surface area contributed by atoms with Gasteiger partial charge in [0, 0.05) is 30.8 Å². The first-order valence-corrected chi connectivity index (χ1v) is 12.6. The highest BCUT2D eigenvalue weighted by molar-refractivity contribution is 5.99. The smallest absolute Gasteiger partial charge is 0.305 e. The standard InChI is InChI=1S/C29H28N4O7/c1-19-10-12-21(13-11-19)29(38)32-15-14-31(25(34)16-20-6-3-2-4-7-20)28(32)27(37)30-24(18-26(35)36)22-8-5-9-23(17-22)33(39)40/h2-13,17,24,28H,14-16,18H2,1H3,(H,30,37)(H,35,36). The van der Waals surface area contributed by atoms with Gasteiger partial charge in [-0.2, -0.15) is 0 Å². The first kappa shape index (κ1) is 28.0. The van der Waals surface area contributed by atoms with Gasteiger partial charge in [-0.3, -0.25) is 29.3 Å². The first-order chi connectivity index (χ1) is 19.1. The number of nitrogens with zero attached hydrogens (tertiary/aromatic N) is 3. The van der Waals surface area contributed by atoms with Gasteiger partial charge in [-0.05, 0) is 30.2 Å². The molecule has 1 fully saturated rings. The molecule has 2 unspecified atom stereocenters. The summed E-state index contributed by atoms with van der Waals surface area (Å²) in [4.78, 5) is 65.5. The van der Waals surface area contributed by atoms with E-state index in [0.29, 0.717) is 5.56 Å². The number of benzene rings is 3. The monoisotopic (exact) mass is 544 g/mol. The third-order valence-corrected chi connectivity index (χ3v) is 6.66. The van der Waals surface area contributed by atoms with Gasteiger partial charge in [-0.15, -0.1) is 0 Å². The summed E-state index contributed by atoms with van der Waals surface area (Å²) in [5.41, 5.74) is 1.96. The van der Waals surface area contributed by atoms with Crippen LogP contribution in [0.4, 0.5) is 5.69 Å². The van der Waals surface area contributed by atoms with Gasteiger partial charge in [0.2, 0.25) is 5.91 Å². The van der Waals surface area contributed by atoms with E-state index < -0.39 is 41.3 Å². The number of hydrogen-bond donors (Lipinski definition) is 2. The predicted octanol–water partition coefficient (Wildman–Crippen LogP) is 3.09. The number of carbonyl (C=O) groups is 4. The van der Waals surface area contributed by atoms with Crippen molar-refractivity contribution >= 4 is 29.4 Å². The Morgan fingerprint density at radius 2 is 1.65 bits per heavy atom. The SMILES string of the molecule is Cc1ccc(C(=O)N2CCN(C(=O)Cc3ccccc3)C2C(=O)NC(CC(=O)O)c2cccc([N+](=O)[O-])c2)cc1. The zero-order valence-electron chi connectivity index (χ0n) is 21.7. The fraction of sp³-hybridized carbons (Fsp3) is 0.241. The zero-order chi connectivity index (χ0) is 28.8. The van der Waals surface area contributed by atoms with Crippen molar-refractivity contribution in [3.8, 4) is 0 Å². The number of hydrogen-bond acceptors (Lipinski definition) is 6. The molecule has 11 nitrogen and oxygen atoms in total. The Hall–Kier alpha value is -5.06. The lowest BCUT2D eigenvalue weighted by Gasteiger charge is -2.31. The van der Waals surface area contributed by atoms with Crippen molar-refractivity contribution in [1.29, 1.82) is 0 Å². The van der Waals surface area contributed by atoms with E-state index in [0.717, 1.165) is 11.1 Å². The minimum Gasteiger partial charge on any atom is -0.481 e. The molecular formula is C29H28N4O7. The van der Waals surface area contributed by atoms with Gasteiger partial charge in [0.15, 0.2) is 6.17 Å². The molecule has 3 amide bonds. The van der Waals surface area contributed by atoms with Gasteiger partial charge in [0.25, 0.3) is 17.5 Å². The normalized spacial score (nSPS) is 15.4.